The third-order valence-corrected chi connectivity index (χ3v) is 6.01. The number of hydrogen-bond donors (Lipinski definition) is 1. The molecule has 1 aliphatic rings. The van der Waals surface area contributed by atoms with Crippen molar-refractivity contribution in [3.63, 3.8) is 0 Å². The Morgan fingerprint density at radius 2 is 1.77 bits per heavy atom. The lowest BCUT2D eigenvalue weighted by Crippen LogP contribution is -2.52. The molecule has 1 amide bonds. The minimum Gasteiger partial charge on any atom is -0.497 e. The summed E-state index contributed by atoms with van der Waals surface area (Å²) in [4.78, 5) is 14.6. The summed E-state index contributed by atoms with van der Waals surface area (Å²) in [6.45, 7) is 5.01. The highest BCUT2D eigenvalue weighted by Crippen LogP contribution is 2.28. The van der Waals surface area contributed by atoms with E-state index < -0.39 is 16.1 Å². The molecule has 1 fully saturated rings. The summed E-state index contributed by atoms with van der Waals surface area (Å²) in [5, 5.41) is 0. The van der Waals surface area contributed by atoms with Crippen molar-refractivity contribution >= 4 is 15.9 Å². The maximum atomic E-state index is 13.0. The van der Waals surface area contributed by atoms with Crippen LogP contribution in [0.25, 0.3) is 0 Å². The first-order chi connectivity index (χ1) is 12.3. The van der Waals surface area contributed by atoms with Gasteiger partial charge < -0.3 is 14.4 Å². The number of sulfonamides is 1. The lowest BCUT2D eigenvalue weighted by Gasteiger charge is -2.32. The Morgan fingerprint density at radius 1 is 1.12 bits per heavy atom. The van der Waals surface area contributed by atoms with E-state index in [4.69, 9.17) is 9.47 Å². The number of piperidine rings is 1. The summed E-state index contributed by atoms with van der Waals surface area (Å²) in [5.41, 5.74) is 0. The number of ether oxygens (including phenoxy) is 2. The van der Waals surface area contributed by atoms with E-state index in [0.717, 1.165) is 19.3 Å². The predicted molar refractivity (Wildman–Crippen MR) is 98.9 cm³/mol. The molecule has 1 aromatic rings. The second kappa shape index (κ2) is 8.73. The van der Waals surface area contributed by atoms with Crippen molar-refractivity contribution in [2.75, 3.05) is 27.3 Å². The fourth-order valence-electron chi connectivity index (χ4n) is 3.01. The second-order valence-corrected chi connectivity index (χ2v) is 8.43. The average Bonchev–Trinajstić information content (AvgIpc) is 2.65. The van der Waals surface area contributed by atoms with E-state index in [-0.39, 0.29) is 22.5 Å². The van der Waals surface area contributed by atoms with Crippen LogP contribution in [0.1, 0.15) is 33.1 Å². The van der Waals surface area contributed by atoms with Crippen molar-refractivity contribution in [2.45, 2.75) is 44.0 Å². The molecule has 1 N–H and O–H groups in total. The molecule has 0 saturated carbocycles. The number of methoxy groups -OCH3 is 2. The molecule has 7 nitrogen and oxygen atoms in total. The molecule has 0 aliphatic carbocycles. The Labute approximate surface area is 155 Å². The van der Waals surface area contributed by atoms with Crippen LogP contribution < -0.4 is 14.2 Å². The Morgan fingerprint density at radius 3 is 2.31 bits per heavy atom. The molecule has 0 radical (unpaired) electrons. The van der Waals surface area contributed by atoms with Crippen molar-refractivity contribution in [3.8, 4) is 11.5 Å². The lowest BCUT2D eigenvalue weighted by atomic mass is 10.0. The van der Waals surface area contributed by atoms with Crippen LogP contribution in [0, 0.1) is 5.92 Å². The largest absolute Gasteiger partial charge is 0.497 e. The van der Waals surface area contributed by atoms with Gasteiger partial charge in [0, 0.05) is 19.2 Å². The molecule has 0 aromatic heterocycles. The zero-order valence-electron chi connectivity index (χ0n) is 15.8. The lowest BCUT2D eigenvalue weighted by molar-refractivity contribution is -0.134. The van der Waals surface area contributed by atoms with Crippen molar-refractivity contribution in [1.29, 1.82) is 0 Å². The minimum atomic E-state index is -3.97. The highest BCUT2D eigenvalue weighted by atomic mass is 32.2. The summed E-state index contributed by atoms with van der Waals surface area (Å²) in [7, 11) is -1.10. The van der Waals surface area contributed by atoms with E-state index in [1.54, 1.807) is 11.0 Å². The molecule has 0 unspecified atom stereocenters. The quantitative estimate of drug-likeness (QED) is 0.777. The van der Waals surface area contributed by atoms with Gasteiger partial charge in [0.1, 0.15) is 22.4 Å². The molecule has 26 heavy (non-hydrogen) atoms. The molecule has 1 atom stereocenters. The molecule has 1 aromatic carbocycles. The van der Waals surface area contributed by atoms with Crippen LogP contribution in [0.2, 0.25) is 0 Å². The van der Waals surface area contributed by atoms with Gasteiger partial charge in [0.15, 0.2) is 0 Å². The number of likely N-dealkylation sites (tertiary alicyclic amines) is 1. The molecule has 146 valence electrons. The third kappa shape index (κ3) is 4.67. The molecule has 0 bridgehead atoms. The van der Waals surface area contributed by atoms with Crippen LogP contribution in [0.5, 0.6) is 11.5 Å². The topological polar surface area (TPSA) is 84.9 Å². The number of carbonyl (C=O) groups is 1. The third-order valence-electron chi connectivity index (χ3n) is 4.54. The second-order valence-electron chi connectivity index (χ2n) is 6.75. The molecular weight excluding hydrogens is 356 g/mol. The monoisotopic (exact) mass is 384 g/mol. The van der Waals surface area contributed by atoms with Gasteiger partial charge in [-0.15, -0.1) is 0 Å². The van der Waals surface area contributed by atoms with Crippen LogP contribution in [0.4, 0.5) is 0 Å². The number of nitrogens with one attached hydrogen (secondary N) is 1. The number of hydrogen-bond acceptors (Lipinski definition) is 5. The maximum absolute atomic E-state index is 13.0. The van der Waals surface area contributed by atoms with Crippen molar-refractivity contribution in [2.24, 2.45) is 5.92 Å². The number of nitrogens with zero attached hydrogens (tertiary/aromatic N) is 1. The van der Waals surface area contributed by atoms with Gasteiger partial charge in [0.25, 0.3) is 0 Å². The van der Waals surface area contributed by atoms with E-state index in [1.165, 1.54) is 26.4 Å². The summed E-state index contributed by atoms with van der Waals surface area (Å²) in [6, 6.07) is 3.72. The zero-order chi connectivity index (χ0) is 19.3. The van der Waals surface area contributed by atoms with Gasteiger partial charge in [-0.25, -0.2) is 8.42 Å². The Bertz CT molecular complexity index is 727. The van der Waals surface area contributed by atoms with E-state index in [0.29, 0.717) is 18.8 Å². The SMILES string of the molecule is COc1ccc(OC)c(S(=O)(=O)N[C@@H](C(=O)N2CCCCC2)C(C)C)c1. The van der Waals surface area contributed by atoms with Crippen LogP contribution in [-0.4, -0.2) is 52.6 Å². The molecule has 1 heterocycles. The van der Waals surface area contributed by atoms with Crippen molar-refractivity contribution < 1.29 is 22.7 Å². The average molecular weight is 384 g/mol. The first-order valence-electron chi connectivity index (χ1n) is 8.83. The predicted octanol–water partition coefficient (Wildman–Crippen LogP) is 2.02. The molecule has 0 spiro atoms. The van der Waals surface area contributed by atoms with E-state index >= 15 is 0 Å². The summed E-state index contributed by atoms with van der Waals surface area (Å²) in [5.74, 6) is 0.238. The Balaban J connectivity index is 2.31. The van der Waals surface area contributed by atoms with E-state index in [2.05, 4.69) is 4.72 Å². The van der Waals surface area contributed by atoms with Gasteiger partial charge in [0.05, 0.1) is 14.2 Å². The fourth-order valence-corrected chi connectivity index (χ4v) is 4.53. The molecule has 8 heteroatoms. The first kappa shape index (κ1) is 20.5. The van der Waals surface area contributed by atoms with Gasteiger partial charge in [-0.2, -0.15) is 4.72 Å². The summed E-state index contributed by atoms with van der Waals surface area (Å²) >= 11 is 0. The first-order valence-corrected chi connectivity index (χ1v) is 10.3. The standard InChI is InChI=1S/C18H28N2O5S/c1-13(2)17(18(21)20-10-6-5-7-11-20)19-26(22,23)16-12-14(24-3)8-9-15(16)25-4/h8-9,12-13,17,19H,5-7,10-11H2,1-4H3/t17-/m1/s1. The number of benzene rings is 1. The molecule has 2 rings (SSSR count). The van der Waals surface area contributed by atoms with Crippen LogP contribution in [-0.2, 0) is 14.8 Å². The number of amides is 1. The summed E-state index contributed by atoms with van der Waals surface area (Å²) < 4.78 is 38.8. The normalized spacial score (nSPS) is 16.4. The summed E-state index contributed by atoms with van der Waals surface area (Å²) in [6.07, 6.45) is 3.00. The van der Waals surface area contributed by atoms with Crippen LogP contribution >= 0.6 is 0 Å². The van der Waals surface area contributed by atoms with Gasteiger partial charge in [-0.3, -0.25) is 4.79 Å². The molecular formula is C18H28N2O5S. The van der Waals surface area contributed by atoms with Crippen LogP contribution in [0.15, 0.2) is 23.1 Å². The molecule has 1 saturated heterocycles. The Hall–Kier alpha value is -1.80. The van der Waals surface area contributed by atoms with Gasteiger partial charge >= 0.3 is 0 Å². The van der Waals surface area contributed by atoms with Crippen LogP contribution in [0.3, 0.4) is 0 Å². The Kier molecular flexibility index (Phi) is 6.88. The smallest absolute Gasteiger partial charge is 0.245 e. The fraction of sp³-hybridized carbons (Fsp3) is 0.611. The number of rotatable bonds is 7. The van der Waals surface area contributed by atoms with Gasteiger partial charge in [-0.05, 0) is 37.3 Å². The maximum Gasteiger partial charge on any atom is 0.245 e. The van der Waals surface area contributed by atoms with Gasteiger partial charge in [0.2, 0.25) is 15.9 Å². The molecule has 1 aliphatic heterocycles. The van der Waals surface area contributed by atoms with Gasteiger partial charge in [-0.1, -0.05) is 13.8 Å². The van der Waals surface area contributed by atoms with E-state index in [9.17, 15) is 13.2 Å². The minimum absolute atomic E-state index is 0.0450. The highest BCUT2D eigenvalue weighted by Gasteiger charge is 2.33. The van der Waals surface area contributed by atoms with Crippen molar-refractivity contribution in [1.82, 2.24) is 9.62 Å². The zero-order valence-corrected chi connectivity index (χ0v) is 16.6. The van der Waals surface area contributed by atoms with Crippen molar-refractivity contribution in [3.05, 3.63) is 18.2 Å². The number of carbonyl (C=O) groups excluding carboxylic acids is 1. The highest BCUT2D eigenvalue weighted by molar-refractivity contribution is 7.89. The van der Waals surface area contributed by atoms with E-state index in [1.807, 2.05) is 13.8 Å².